The Labute approximate surface area is 143 Å². The Morgan fingerprint density at radius 3 is 2.41 bits per heavy atom. The van der Waals surface area contributed by atoms with Crippen molar-refractivity contribution in [1.29, 1.82) is 0 Å². The summed E-state index contributed by atoms with van der Waals surface area (Å²) < 4.78 is 6.66. The summed E-state index contributed by atoms with van der Waals surface area (Å²) in [7, 11) is 0. The molecule has 1 rings (SSSR count). The van der Waals surface area contributed by atoms with Gasteiger partial charge in [0.15, 0.2) is 0 Å². The number of ether oxygens (including phenoxy) is 1. The van der Waals surface area contributed by atoms with Gasteiger partial charge in [-0.15, -0.1) is 0 Å². The SMILES string of the molecule is CCCN(CCC)C(=S)SCCCOc1ccc(C=O)cc1. The summed E-state index contributed by atoms with van der Waals surface area (Å²) in [6.45, 7) is 7.11. The van der Waals surface area contributed by atoms with Gasteiger partial charge in [0.1, 0.15) is 16.4 Å². The van der Waals surface area contributed by atoms with Gasteiger partial charge in [-0.05, 0) is 43.5 Å². The van der Waals surface area contributed by atoms with Gasteiger partial charge in [-0.25, -0.2) is 0 Å². The van der Waals surface area contributed by atoms with Crippen molar-refractivity contribution in [3.8, 4) is 5.75 Å². The molecule has 0 spiro atoms. The molecule has 22 heavy (non-hydrogen) atoms. The van der Waals surface area contributed by atoms with Gasteiger partial charge in [0, 0.05) is 24.4 Å². The predicted molar refractivity (Wildman–Crippen MR) is 99.2 cm³/mol. The number of rotatable bonds is 10. The van der Waals surface area contributed by atoms with Crippen LogP contribution in [0.25, 0.3) is 0 Å². The number of benzene rings is 1. The molecule has 0 heterocycles. The maximum absolute atomic E-state index is 10.6. The highest BCUT2D eigenvalue weighted by Gasteiger charge is 2.07. The smallest absolute Gasteiger partial charge is 0.150 e. The second kappa shape index (κ2) is 11.5. The lowest BCUT2D eigenvalue weighted by Crippen LogP contribution is -2.29. The number of carbonyl (C=O) groups is 1. The molecule has 0 atom stereocenters. The third kappa shape index (κ3) is 7.27. The van der Waals surface area contributed by atoms with Gasteiger partial charge >= 0.3 is 0 Å². The van der Waals surface area contributed by atoms with Crippen LogP contribution in [0.5, 0.6) is 5.75 Å². The number of hydrogen-bond acceptors (Lipinski definition) is 4. The molecular formula is C17H25NO2S2. The molecule has 0 saturated carbocycles. The molecule has 3 nitrogen and oxygen atoms in total. The normalized spacial score (nSPS) is 10.3. The summed E-state index contributed by atoms with van der Waals surface area (Å²) in [5.41, 5.74) is 0.667. The van der Waals surface area contributed by atoms with E-state index in [1.165, 1.54) is 0 Å². The minimum absolute atomic E-state index is 0.664. The van der Waals surface area contributed by atoms with Crippen molar-refractivity contribution in [3.63, 3.8) is 0 Å². The Bertz CT molecular complexity index is 442. The third-order valence-corrected chi connectivity index (χ3v) is 4.65. The Balaban J connectivity index is 2.20. The molecule has 0 fully saturated rings. The second-order valence-corrected chi connectivity index (χ2v) is 6.72. The third-order valence-electron chi connectivity index (χ3n) is 3.04. The molecule has 1 aromatic carbocycles. The van der Waals surface area contributed by atoms with Crippen molar-refractivity contribution < 1.29 is 9.53 Å². The molecule has 0 aliphatic heterocycles. The maximum Gasteiger partial charge on any atom is 0.150 e. The Morgan fingerprint density at radius 1 is 1.23 bits per heavy atom. The number of thioether (sulfide) groups is 1. The summed E-state index contributed by atoms with van der Waals surface area (Å²) in [5.74, 6) is 1.77. The summed E-state index contributed by atoms with van der Waals surface area (Å²) in [5, 5.41) is 0. The van der Waals surface area contributed by atoms with Crippen LogP contribution in [0.3, 0.4) is 0 Å². The molecule has 0 aliphatic rings. The molecule has 1 aromatic rings. The molecule has 0 radical (unpaired) electrons. The summed E-state index contributed by atoms with van der Waals surface area (Å²) in [4.78, 5) is 12.9. The van der Waals surface area contributed by atoms with Gasteiger partial charge in [-0.3, -0.25) is 4.79 Å². The van der Waals surface area contributed by atoms with E-state index in [1.54, 1.807) is 23.9 Å². The summed E-state index contributed by atoms with van der Waals surface area (Å²) in [6.07, 6.45) is 4.03. The van der Waals surface area contributed by atoms with Crippen molar-refractivity contribution >= 4 is 34.6 Å². The molecule has 0 bridgehead atoms. The van der Waals surface area contributed by atoms with E-state index in [9.17, 15) is 4.79 Å². The van der Waals surface area contributed by atoms with Crippen molar-refractivity contribution in [3.05, 3.63) is 29.8 Å². The van der Waals surface area contributed by atoms with Gasteiger partial charge in [0.2, 0.25) is 0 Å². The minimum atomic E-state index is 0.664. The molecule has 0 aromatic heterocycles. The van der Waals surface area contributed by atoms with Crippen LogP contribution in [-0.2, 0) is 0 Å². The van der Waals surface area contributed by atoms with Crippen LogP contribution in [-0.4, -0.2) is 41.0 Å². The molecular weight excluding hydrogens is 314 g/mol. The van der Waals surface area contributed by atoms with E-state index in [2.05, 4.69) is 18.7 Å². The topological polar surface area (TPSA) is 29.5 Å². The monoisotopic (exact) mass is 339 g/mol. The molecule has 0 aliphatic carbocycles. The van der Waals surface area contributed by atoms with Crippen LogP contribution in [0.15, 0.2) is 24.3 Å². The molecule has 122 valence electrons. The van der Waals surface area contributed by atoms with Crippen LogP contribution in [0.4, 0.5) is 0 Å². The lowest BCUT2D eigenvalue weighted by molar-refractivity contribution is 0.112. The highest BCUT2D eigenvalue weighted by Crippen LogP contribution is 2.14. The summed E-state index contributed by atoms with van der Waals surface area (Å²) >= 11 is 7.23. The Hall–Kier alpha value is -1.07. The highest BCUT2D eigenvalue weighted by atomic mass is 32.2. The Kier molecular flexibility index (Phi) is 9.91. The van der Waals surface area contributed by atoms with Crippen LogP contribution < -0.4 is 4.74 Å². The zero-order valence-corrected chi connectivity index (χ0v) is 15.0. The second-order valence-electron chi connectivity index (χ2n) is 4.99. The van der Waals surface area contributed by atoms with Crippen molar-refractivity contribution in [2.75, 3.05) is 25.4 Å². The van der Waals surface area contributed by atoms with Gasteiger partial charge in [0.05, 0.1) is 6.61 Å². The van der Waals surface area contributed by atoms with E-state index in [0.717, 1.165) is 54.5 Å². The lowest BCUT2D eigenvalue weighted by Gasteiger charge is -2.23. The maximum atomic E-state index is 10.6. The van der Waals surface area contributed by atoms with Crippen LogP contribution in [0.2, 0.25) is 0 Å². The fraction of sp³-hybridized carbons (Fsp3) is 0.529. The van der Waals surface area contributed by atoms with E-state index in [-0.39, 0.29) is 0 Å². The largest absolute Gasteiger partial charge is 0.494 e. The zero-order valence-electron chi connectivity index (χ0n) is 13.4. The average Bonchev–Trinajstić information content (AvgIpc) is 2.54. The standard InChI is InChI=1S/C17H25NO2S2/c1-3-10-18(11-4-2)17(21)22-13-5-12-20-16-8-6-15(14-19)7-9-16/h6-9,14H,3-5,10-13H2,1-2H3. The molecule has 0 amide bonds. The number of nitrogens with zero attached hydrogens (tertiary/aromatic N) is 1. The first-order valence-electron chi connectivity index (χ1n) is 7.81. The van der Waals surface area contributed by atoms with Crippen LogP contribution in [0.1, 0.15) is 43.5 Å². The van der Waals surface area contributed by atoms with E-state index >= 15 is 0 Å². The Morgan fingerprint density at radius 2 is 1.86 bits per heavy atom. The number of carbonyl (C=O) groups excluding carboxylic acids is 1. The first kappa shape index (κ1) is 19.0. The molecule has 0 unspecified atom stereocenters. The van der Waals surface area contributed by atoms with Crippen molar-refractivity contribution in [1.82, 2.24) is 4.90 Å². The van der Waals surface area contributed by atoms with Gasteiger partial charge in [-0.1, -0.05) is 37.8 Å². The average molecular weight is 340 g/mol. The first-order chi connectivity index (χ1) is 10.7. The lowest BCUT2D eigenvalue weighted by atomic mass is 10.2. The van der Waals surface area contributed by atoms with Crippen LogP contribution >= 0.6 is 24.0 Å². The van der Waals surface area contributed by atoms with E-state index in [1.807, 2.05) is 12.1 Å². The first-order valence-corrected chi connectivity index (χ1v) is 9.20. The van der Waals surface area contributed by atoms with Crippen LogP contribution in [0, 0.1) is 0 Å². The molecule has 5 heteroatoms. The predicted octanol–water partition coefficient (Wildman–Crippen LogP) is 4.41. The van der Waals surface area contributed by atoms with Gasteiger partial charge in [-0.2, -0.15) is 0 Å². The van der Waals surface area contributed by atoms with Crippen molar-refractivity contribution in [2.24, 2.45) is 0 Å². The van der Waals surface area contributed by atoms with Gasteiger partial charge in [0.25, 0.3) is 0 Å². The number of hydrogen-bond donors (Lipinski definition) is 0. The van der Waals surface area contributed by atoms with E-state index in [0.29, 0.717) is 12.2 Å². The minimum Gasteiger partial charge on any atom is -0.494 e. The fourth-order valence-corrected chi connectivity index (χ4v) is 3.21. The zero-order chi connectivity index (χ0) is 16.2. The van der Waals surface area contributed by atoms with E-state index < -0.39 is 0 Å². The quantitative estimate of drug-likeness (QED) is 0.358. The molecule has 0 saturated heterocycles. The number of thiocarbonyl (C=S) groups is 1. The van der Waals surface area contributed by atoms with Gasteiger partial charge < -0.3 is 9.64 Å². The summed E-state index contributed by atoms with van der Waals surface area (Å²) in [6, 6.07) is 7.18. The fourth-order valence-electron chi connectivity index (χ4n) is 1.98. The van der Waals surface area contributed by atoms with E-state index in [4.69, 9.17) is 17.0 Å². The number of aldehydes is 1. The molecule has 0 N–H and O–H groups in total. The van der Waals surface area contributed by atoms with Crippen molar-refractivity contribution in [2.45, 2.75) is 33.1 Å². The highest BCUT2D eigenvalue weighted by molar-refractivity contribution is 8.22.